The number of hydrogen-bond donors (Lipinski definition) is 2. The monoisotopic (exact) mass is 452 g/mol. The van der Waals surface area contributed by atoms with Gasteiger partial charge in [0.25, 0.3) is 11.6 Å². The molecule has 0 fully saturated rings. The fraction of sp³-hybridized carbons (Fsp3) is 0.115. The Bertz CT molecular complexity index is 1530. The van der Waals surface area contributed by atoms with Gasteiger partial charge in [-0.1, -0.05) is 42.5 Å². The summed E-state index contributed by atoms with van der Waals surface area (Å²) in [6.07, 6.45) is 1.84. The Hall–Kier alpha value is -4.59. The second-order valence-corrected chi connectivity index (χ2v) is 8.12. The van der Waals surface area contributed by atoms with Crippen molar-refractivity contribution in [2.24, 2.45) is 0 Å². The van der Waals surface area contributed by atoms with Crippen LogP contribution in [0.25, 0.3) is 32.4 Å². The number of nitro benzene ring substituents is 1. The van der Waals surface area contributed by atoms with Gasteiger partial charge >= 0.3 is 0 Å². The Morgan fingerprint density at radius 3 is 2.56 bits per heavy atom. The lowest BCUT2D eigenvalue weighted by molar-refractivity contribution is -0.385. The Morgan fingerprint density at radius 1 is 0.971 bits per heavy atom. The summed E-state index contributed by atoms with van der Waals surface area (Å²) in [5.41, 5.74) is 1.89. The van der Waals surface area contributed by atoms with Gasteiger partial charge in [0.15, 0.2) is 0 Å². The molecule has 8 heteroatoms. The Kier molecular flexibility index (Phi) is 5.25. The van der Waals surface area contributed by atoms with Crippen LogP contribution >= 0.6 is 0 Å². The molecule has 0 unspecified atom stereocenters. The first-order valence-corrected chi connectivity index (χ1v) is 10.7. The molecule has 0 spiro atoms. The molecule has 2 amide bonds. The molecule has 168 valence electrons. The lowest BCUT2D eigenvalue weighted by Gasteiger charge is -2.12. The molecule has 0 atom stereocenters. The number of pyridine rings is 1. The summed E-state index contributed by atoms with van der Waals surface area (Å²) >= 11 is 0. The number of benzene rings is 4. The van der Waals surface area contributed by atoms with Crippen molar-refractivity contribution >= 4 is 49.9 Å². The van der Waals surface area contributed by atoms with Crippen LogP contribution in [-0.2, 0) is 17.8 Å². The number of carbonyl (C=O) groups excluding carboxylic acids is 2. The minimum absolute atomic E-state index is 0.0199. The minimum atomic E-state index is -0.508. The Balaban J connectivity index is 1.43. The number of likely N-dealkylation sites (N-methyl/N-ethyl adjacent to an activating group) is 1. The second-order valence-electron chi connectivity index (χ2n) is 8.12. The number of aromatic nitrogens is 1. The van der Waals surface area contributed by atoms with Crippen molar-refractivity contribution in [3.05, 3.63) is 93.7 Å². The summed E-state index contributed by atoms with van der Waals surface area (Å²) in [5.74, 6) is -0.589. The van der Waals surface area contributed by atoms with Gasteiger partial charge in [0.2, 0.25) is 5.91 Å². The van der Waals surface area contributed by atoms with Crippen molar-refractivity contribution in [2.45, 2.75) is 13.0 Å². The SMILES string of the molecule is CNC(=O)Cc1ccc(CNC(=O)c2cc3ccc4cccc5cnc(c2)c3c45)c([N+](=O)[O-])c1. The van der Waals surface area contributed by atoms with E-state index in [2.05, 4.69) is 21.7 Å². The molecule has 0 radical (unpaired) electrons. The molecule has 1 heterocycles. The van der Waals surface area contributed by atoms with E-state index in [1.165, 1.54) is 13.1 Å². The van der Waals surface area contributed by atoms with Crippen LogP contribution in [0, 0.1) is 10.1 Å². The smallest absolute Gasteiger partial charge is 0.274 e. The van der Waals surface area contributed by atoms with Gasteiger partial charge < -0.3 is 10.6 Å². The highest BCUT2D eigenvalue weighted by atomic mass is 16.6. The highest BCUT2D eigenvalue weighted by molar-refractivity contribution is 6.22. The molecule has 1 aromatic heterocycles. The van der Waals surface area contributed by atoms with Crippen molar-refractivity contribution < 1.29 is 14.5 Å². The van der Waals surface area contributed by atoms with Gasteiger partial charge in [-0.05, 0) is 28.5 Å². The number of nitro groups is 1. The molecule has 0 saturated carbocycles. The standard InChI is InChI=1S/C26H20N4O4/c1-27-23(31)10-15-5-6-18(22(9-15)30(33)34)13-29-26(32)20-11-17-8-7-16-3-2-4-19-14-28-21(12-20)25(17)24(16)19/h2-9,11-12,14H,10,13H2,1H3,(H,27,31)(H,29,32). The van der Waals surface area contributed by atoms with Crippen LogP contribution < -0.4 is 10.6 Å². The zero-order valence-corrected chi connectivity index (χ0v) is 18.3. The lowest BCUT2D eigenvalue weighted by atomic mass is 9.96. The first-order valence-electron chi connectivity index (χ1n) is 10.7. The maximum atomic E-state index is 13.0. The zero-order valence-electron chi connectivity index (χ0n) is 18.3. The van der Waals surface area contributed by atoms with Gasteiger partial charge in [0.1, 0.15) is 0 Å². The fourth-order valence-corrected chi connectivity index (χ4v) is 4.32. The van der Waals surface area contributed by atoms with E-state index in [4.69, 9.17) is 0 Å². The van der Waals surface area contributed by atoms with Gasteiger partial charge in [-0.25, -0.2) is 0 Å². The third-order valence-corrected chi connectivity index (χ3v) is 6.00. The third-order valence-electron chi connectivity index (χ3n) is 6.00. The van der Waals surface area contributed by atoms with Gasteiger partial charge in [-0.2, -0.15) is 0 Å². The van der Waals surface area contributed by atoms with Crippen molar-refractivity contribution in [1.82, 2.24) is 15.6 Å². The average Bonchev–Trinajstić information content (AvgIpc) is 2.85. The molecule has 0 aliphatic heterocycles. The van der Waals surface area contributed by atoms with Crippen molar-refractivity contribution in [3.8, 4) is 0 Å². The zero-order chi connectivity index (χ0) is 23.8. The first kappa shape index (κ1) is 21.3. The van der Waals surface area contributed by atoms with Crippen LogP contribution in [-0.4, -0.2) is 28.8 Å². The predicted octanol–water partition coefficient (Wildman–Crippen LogP) is 4.11. The van der Waals surface area contributed by atoms with E-state index < -0.39 is 4.92 Å². The van der Waals surface area contributed by atoms with Crippen LogP contribution in [0.3, 0.4) is 0 Å². The van der Waals surface area contributed by atoms with Crippen LogP contribution in [0.1, 0.15) is 21.5 Å². The molecular weight excluding hydrogens is 432 g/mol. The molecule has 5 aromatic rings. The van der Waals surface area contributed by atoms with Gasteiger partial charge in [0.05, 0.1) is 16.9 Å². The normalized spacial score (nSPS) is 11.2. The summed E-state index contributed by atoms with van der Waals surface area (Å²) < 4.78 is 0. The summed E-state index contributed by atoms with van der Waals surface area (Å²) in [5, 5.41) is 22.0. The van der Waals surface area contributed by atoms with Crippen LogP contribution in [0.15, 0.2) is 66.9 Å². The summed E-state index contributed by atoms with van der Waals surface area (Å²) in [4.78, 5) is 40.2. The number of nitrogens with one attached hydrogen (secondary N) is 2. The molecule has 2 N–H and O–H groups in total. The average molecular weight is 452 g/mol. The third kappa shape index (κ3) is 3.75. The van der Waals surface area contributed by atoms with Crippen molar-refractivity contribution in [2.75, 3.05) is 7.05 Å². The topological polar surface area (TPSA) is 114 Å². The van der Waals surface area contributed by atoms with Crippen LogP contribution in [0.4, 0.5) is 5.69 Å². The van der Waals surface area contributed by atoms with Crippen molar-refractivity contribution in [1.29, 1.82) is 0 Å². The molecule has 5 rings (SSSR count). The number of nitrogens with zero attached hydrogens (tertiary/aromatic N) is 2. The number of rotatable bonds is 6. The van der Waals surface area contributed by atoms with E-state index in [9.17, 15) is 19.7 Å². The summed E-state index contributed by atoms with van der Waals surface area (Å²) in [6, 6.07) is 18.2. The van der Waals surface area contributed by atoms with E-state index in [1.54, 1.807) is 24.4 Å². The Labute approximate surface area is 194 Å². The minimum Gasteiger partial charge on any atom is -0.359 e. The number of carbonyl (C=O) groups is 2. The molecule has 8 nitrogen and oxygen atoms in total. The fourth-order valence-electron chi connectivity index (χ4n) is 4.32. The second kappa shape index (κ2) is 8.40. The quantitative estimate of drug-likeness (QED) is 0.229. The Morgan fingerprint density at radius 2 is 1.76 bits per heavy atom. The molecule has 0 bridgehead atoms. The van der Waals surface area contributed by atoms with E-state index >= 15 is 0 Å². The van der Waals surface area contributed by atoms with Crippen LogP contribution in [0.5, 0.6) is 0 Å². The highest BCUT2D eigenvalue weighted by Crippen LogP contribution is 2.33. The largest absolute Gasteiger partial charge is 0.359 e. The molecule has 0 saturated heterocycles. The number of amides is 2. The molecule has 4 aromatic carbocycles. The van der Waals surface area contributed by atoms with Gasteiger partial charge in [-0.3, -0.25) is 24.7 Å². The molecule has 0 aliphatic rings. The maximum absolute atomic E-state index is 13.0. The van der Waals surface area contributed by atoms with Gasteiger partial charge in [-0.15, -0.1) is 0 Å². The molecule has 34 heavy (non-hydrogen) atoms. The van der Waals surface area contributed by atoms with E-state index in [1.807, 2.05) is 30.3 Å². The van der Waals surface area contributed by atoms with Crippen LogP contribution in [0.2, 0.25) is 0 Å². The first-order chi connectivity index (χ1) is 16.4. The van der Waals surface area contributed by atoms with Crippen molar-refractivity contribution in [3.63, 3.8) is 0 Å². The maximum Gasteiger partial charge on any atom is 0.274 e. The van der Waals surface area contributed by atoms with E-state index in [-0.39, 0.29) is 30.5 Å². The van der Waals surface area contributed by atoms with Gasteiger partial charge in [0, 0.05) is 53.1 Å². The predicted molar refractivity (Wildman–Crippen MR) is 130 cm³/mol. The lowest BCUT2D eigenvalue weighted by Crippen LogP contribution is -2.23. The number of hydrogen-bond acceptors (Lipinski definition) is 5. The highest BCUT2D eigenvalue weighted by Gasteiger charge is 2.18. The summed E-state index contributed by atoms with van der Waals surface area (Å²) in [7, 11) is 1.51. The molecule has 0 aliphatic carbocycles. The van der Waals surface area contributed by atoms with E-state index in [0.29, 0.717) is 16.7 Å². The summed E-state index contributed by atoms with van der Waals surface area (Å²) in [6.45, 7) is -0.0199. The van der Waals surface area contributed by atoms with E-state index in [0.717, 1.165) is 32.4 Å². The molecular formula is C26H20N4O4.